The number of aryl methyl sites for hydroxylation is 1. The van der Waals surface area contributed by atoms with E-state index in [1.807, 2.05) is 0 Å². The van der Waals surface area contributed by atoms with Gasteiger partial charge in [-0.25, -0.2) is 18.7 Å². The molecular weight excluding hydrogens is 499 g/mol. The van der Waals surface area contributed by atoms with Crippen molar-refractivity contribution in [2.45, 2.75) is 31.5 Å². The van der Waals surface area contributed by atoms with Crippen molar-refractivity contribution in [1.29, 1.82) is 0 Å². The van der Waals surface area contributed by atoms with Crippen molar-refractivity contribution in [3.63, 3.8) is 0 Å². The van der Waals surface area contributed by atoms with Gasteiger partial charge in [0, 0.05) is 44.2 Å². The molecule has 0 radical (unpaired) electrons. The summed E-state index contributed by atoms with van der Waals surface area (Å²) in [5.74, 6) is -3.94. The largest absolute Gasteiger partial charge is 0.497 e. The summed E-state index contributed by atoms with van der Waals surface area (Å²) in [4.78, 5) is 22.0. The molecule has 0 bridgehead atoms. The van der Waals surface area contributed by atoms with Gasteiger partial charge >= 0.3 is 6.18 Å². The van der Waals surface area contributed by atoms with Crippen LogP contribution in [0.5, 0.6) is 5.75 Å². The molecule has 1 aromatic carbocycles. The Kier molecular flexibility index (Phi) is 7.07. The first-order chi connectivity index (χ1) is 17.4. The first-order valence-electron chi connectivity index (χ1n) is 11.4. The average Bonchev–Trinajstić information content (AvgIpc) is 3.23. The minimum atomic E-state index is -4.59. The molecule has 0 aliphatic carbocycles. The van der Waals surface area contributed by atoms with Gasteiger partial charge in [0.25, 0.3) is 11.8 Å². The number of nitrogens with zero attached hydrogens (tertiary/aromatic N) is 5. The van der Waals surface area contributed by atoms with Gasteiger partial charge in [-0.05, 0) is 23.6 Å². The topological polar surface area (TPSA) is 85.2 Å². The number of hydrogen-bond acceptors (Lipinski definition) is 6. The van der Waals surface area contributed by atoms with E-state index in [0.717, 1.165) is 4.90 Å². The van der Waals surface area contributed by atoms with Crippen molar-refractivity contribution in [3.8, 4) is 16.9 Å². The Morgan fingerprint density at radius 2 is 1.84 bits per heavy atom. The highest BCUT2D eigenvalue weighted by Crippen LogP contribution is 2.36. The van der Waals surface area contributed by atoms with Crippen molar-refractivity contribution in [3.05, 3.63) is 54.1 Å². The molecule has 3 heterocycles. The van der Waals surface area contributed by atoms with Gasteiger partial charge in [-0.15, -0.1) is 0 Å². The van der Waals surface area contributed by atoms with Crippen LogP contribution in [0.1, 0.15) is 29.4 Å². The molecule has 198 valence electrons. The van der Waals surface area contributed by atoms with Crippen LogP contribution in [0.25, 0.3) is 11.1 Å². The Bertz CT molecular complexity index is 1240. The minimum Gasteiger partial charge on any atom is -0.497 e. The zero-order valence-electron chi connectivity index (χ0n) is 20.3. The lowest BCUT2D eigenvalue weighted by atomic mass is 9.88. The highest BCUT2D eigenvalue weighted by Gasteiger charge is 2.47. The molecule has 8 nitrogen and oxygen atoms in total. The van der Waals surface area contributed by atoms with Crippen LogP contribution in [0.2, 0.25) is 0 Å². The molecule has 1 aliphatic rings. The highest BCUT2D eigenvalue weighted by atomic mass is 19.4. The van der Waals surface area contributed by atoms with Gasteiger partial charge < -0.3 is 15.0 Å². The van der Waals surface area contributed by atoms with E-state index >= 15 is 0 Å². The third-order valence-corrected chi connectivity index (χ3v) is 6.22. The number of carbonyl (C=O) groups is 1. The zero-order valence-corrected chi connectivity index (χ0v) is 20.3. The summed E-state index contributed by atoms with van der Waals surface area (Å²) in [6.07, 6.45) is -2.15. The molecule has 1 fully saturated rings. The zero-order chi connectivity index (χ0) is 27.0. The van der Waals surface area contributed by atoms with Crippen molar-refractivity contribution >= 4 is 11.9 Å². The van der Waals surface area contributed by atoms with Crippen LogP contribution in [0, 0.1) is 5.92 Å². The number of carbonyl (C=O) groups excluding carboxylic acids is 1. The van der Waals surface area contributed by atoms with E-state index in [0.29, 0.717) is 29.3 Å². The highest BCUT2D eigenvalue weighted by molar-refractivity contribution is 5.99. The van der Waals surface area contributed by atoms with Crippen LogP contribution in [0.3, 0.4) is 0 Å². The van der Waals surface area contributed by atoms with Crippen LogP contribution >= 0.6 is 0 Å². The summed E-state index contributed by atoms with van der Waals surface area (Å²) < 4.78 is 74.2. The number of aromatic nitrogens is 4. The lowest BCUT2D eigenvalue weighted by Gasteiger charge is -2.43. The second kappa shape index (κ2) is 9.94. The second-order valence-corrected chi connectivity index (χ2v) is 9.01. The van der Waals surface area contributed by atoms with Crippen LogP contribution < -0.4 is 10.1 Å². The van der Waals surface area contributed by atoms with Gasteiger partial charge in [0.1, 0.15) is 5.75 Å². The summed E-state index contributed by atoms with van der Waals surface area (Å²) in [7, 11) is 3.15. The number of amides is 1. The molecule has 2 aromatic heterocycles. The maximum absolute atomic E-state index is 14.6. The number of rotatable bonds is 6. The van der Waals surface area contributed by atoms with Gasteiger partial charge in [-0.3, -0.25) is 9.48 Å². The summed E-state index contributed by atoms with van der Waals surface area (Å²) in [6, 6.07) is 6.18. The van der Waals surface area contributed by atoms with E-state index < -0.39 is 48.5 Å². The number of methoxy groups -OCH3 is 1. The third kappa shape index (κ3) is 5.81. The predicted octanol–water partition coefficient (Wildman–Crippen LogP) is 4.50. The monoisotopic (exact) mass is 524 g/mol. The first kappa shape index (κ1) is 26.3. The Labute approximate surface area is 209 Å². The molecule has 13 heteroatoms. The molecular formula is C24H25F5N6O2. The Morgan fingerprint density at radius 3 is 2.43 bits per heavy atom. The number of piperidine rings is 1. The second-order valence-electron chi connectivity index (χ2n) is 9.01. The lowest BCUT2D eigenvalue weighted by molar-refractivity contribution is -0.138. The molecule has 1 N–H and O–H groups in total. The van der Waals surface area contributed by atoms with Crippen LogP contribution in [-0.4, -0.2) is 62.7 Å². The van der Waals surface area contributed by atoms with Crippen molar-refractivity contribution < 1.29 is 31.5 Å². The number of benzene rings is 1. The van der Waals surface area contributed by atoms with Gasteiger partial charge in [-0.2, -0.15) is 18.3 Å². The average molecular weight is 524 g/mol. The molecule has 3 aromatic rings. The number of halogens is 5. The van der Waals surface area contributed by atoms with E-state index in [9.17, 15) is 26.7 Å². The maximum Gasteiger partial charge on any atom is 0.419 e. The number of nitrogens with one attached hydrogen (secondary N) is 1. The number of likely N-dealkylation sites (tertiary alicyclic amines) is 1. The Balaban J connectivity index is 1.60. The Morgan fingerprint density at radius 1 is 1.19 bits per heavy atom. The van der Waals surface area contributed by atoms with Gasteiger partial charge in [0.15, 0.2) is 5.69 Å². The molecule has 1 saturated heterocycles. The third-order valence-electron chi connectivity index (χ3n) is 6.22. The van der Waals surface area contributed by atoms with Crippen molar-refractivity contribution in [1.82, 2.24) is 24.6 Å². The molecule has 0 saturated carbocycles. The summed E-state index contributed by atoms with van der Waals surface area (Å²) in [5, 5.41) is 7.04. The van der Waals surface area contributed by atoms with E-state index in [1.54, 1.807) is 44.4 Å². The standard InChI is InChI=1S/C24H25F5N6O2/c1-14-8-23(25,26)13-35(19(14)11-32-22-30-9-16(10-31-22)24(27,28)29)21(36)20-18(12-34(2)33-20)15-4-6-17(37-3)7-5-15/h4-7,9-10,12,14,19H,8,11,13H2,1-3H3,(H,30,31,32). The van der Waals surface area contributed by atoms with E-state index in [-0.39, 0.29) is 18.2 Å². The maximum atomic E-state index is 14.6. The Hall–Kier alpha value is -3.77. The van der Waals surface area contributed by atoms with E-state index in [4.69, 9.17) is 4.74 Å². The smallest absolute Gasteiger partial charge is 0.419 e. The SMILES string of the molecule is COc1ccc(-c2cn(C)nc2C(=O)N2CC(F)(F)CC(C)C2CNc2ncc(C(F)(F)F)cn2)cc1. The minimum absolute atomic E-state index is 0.00773. The molecule has 37 heavy (non-hydrogen) atoms. The fourth-order valence-corrected chi connectivity index (χ4v) is 4.40. The van der Waals surface area contributed by atoms with Crippen LogP contribution in [0.15, 0.2) is 42.9 Å². The summed E-state index contributed by atoms with van der Waals surface area (Å²) in [6.45, 7) is 0.726. The number of alkyl halides is 5. The van der Waals surface area contributed by atoms with Gasteiger partial charge in [0.05, 0.1) is 25.3 Å². The molecule has 4 rings (SSSR count). The summed E-state index contributed by atoms with van der Waals surface area (Å²) in [5.41, 5.74) is 0.117. The van der Waals surface area contributed by atoms with Crippen LogP contribution in [0.4, 0.5) is 27.9 Å². The molecule has 0 spiro atoms. The fraction of sp³-hybridized carbons (Fsp3) is 0.417. The first-order valence-corrected chi connectivity index (χ1v) is 11.4. The molecule has 1 aliphatic heterocycles. The molecule has 2 unspecified atom stereocenters. The van der Waals surface area contributed by atoms with E-state index in [1.165, 1.54) is 11.8 Å². The van der Waals surface area contributed by atoms with Crippen molar-refractivity contribution in [2.24, 2.45) is 13.0 Å². The van der Waals surface area contributed by atoms with Crippen molar-refractivity contribution in [2.75, 3.05) is 25.5 Å². The van der Waals surface area contributed by atoms with Gasteiger partial charge in [0.2, 0.25) is 5.95 Å². The van der Waals surface area contributed by atoms with E-state index in [2.05, 4.69) is 20.4 Å². The molecule has 1 amide bonds. The quantitative estimate of drug-likeness (QED) is 0.478. The van der Waals surface area contributed by atoms with Gasteiger partial charge in [-0.1, -0.05) is 19.1 Å². The number of ether oxygens (including phenoxy) is 1. The number of hydrogen-bond donors (Lipinski definition) is 1. The normalized spacial score (nSPS) is 19.5. The number of anilines is 1. The lowest BCUT2D eigenvalue weighted by Crippen LogP contribution is -2.57. The fourth-order valence-electron chi connectivity index (χ4n) is 4.40. The summed E-state index contributed by atoms with van der Waals surface area (Å²) >= 11 is 0. The predicted molar refractivity (Wildman–Crippen MR) is 124 cm³/mol. The molecule has 2 atom stereocenters. The van der Waals surface area contributed by atoms with Crippen LogP contribution in [-0.2, 0) is 13.2 Å².